The van der Waals surface area contributed by atoms with Gasteiger partial charge in [0.25, 0.3) is 0 Å². The fourth-order valence-electron chi connectivity index (χ4n) is 0.312. The van der Waals surface area contributed by atoms with Crippen molar-refractivity contribution in [3.05, 3.63) is 24.2 Å². The standard InChI is InChI=1S/C5H5O.V/c1-5-3-2-4-6-5;/h2-3H,1H3;/q-1;. The summed E-state index contributed by atoms with van der Waals surface area (Å²) in [7, 11) is 0. The maximum atomic E-state index is 4.71. The van der Waals surface area contributed by atoms with Crippen LogP contribution in [0.2, 0.25) is 0 Å². The van der Waals surface area contributed by atoms with E-state index in [1.165, 1.54) is 0 Å². The summed E-state index contributed by atoms with van der Waals surface area (Å²) in [6.45, 7) is 1.89. The zero-order valence-corrected chi connectivity index (χ0v) is 5.41. The van der Waals surface area contributed by atoms with Crippen molar-refractivity contribution in [2.45, 2.75) is 6.92 Å². The Balaban J connectivity index is 0.000000360. The molecule has 0 aliphatic carbocycles. The summed E-state index contributed by atoms with van der Waals surface area (Å²) >= 11 is 0. The quantitative estimate of drug-likeness (QED) is 0.486. The fourth-order valence-corrected chi connectivity index (χ4v) is 0.312. The molecule has 1 aromatic rings. The zero-order valence-electron chi connectivity index (χ0n) is 4.01. The van der Waals surface area contributed by atoms with E-state index in [1.54, 1.807) is 6.07 Å². The van der Waals surface area contributed by atoms with E-state index in [-0.39, 0.29) is 18.6 Å². The predicted octanol–water partition coefficient (Wildman–Crippen LogP) is 1.39. The van der Waals surface area contributed by atoms with E-state index in [1.807, 2.05) is 13.0 Å². The predicted molar refractivity (Wildman–Crippen MR) is 22.3 cm³/mol. The Hall–Kier alpha value is -0.136. The molecular formula is C5H5OV-. The van der Waals surface area contributed by atoms with E-state index in [0.717, 1.165) is 5.76 Å². The molecule has 1 aromatic heterocycles. The summed E-state index contributed by atoms with van der Waals surface area (Å²) in [5, 5.41) is 0. The molecule has 0 amide bonds. The third kappa shape index (κ3) is 1.86. The number of aryl methyl sites for hydroxylation is 1. The van der Waals surface area contributed by atoms with E-state index >= 15 is 0 Å². The van der Waals surface area contributed by atoms with Gasteiger partial charge in [-0.05, 0) is 6.26 Å². The molecule has 1 heterocycles. The number of rotatable bonds is 0. The average Bonchev–Trinajstić information content (AvgIpc) is 1.86. The molecule has 1 rings (SSSR count). The van der Waals surface area contributed by atoms with Gasteiger partial charge in [-0.15, -0.1) is 6.07 Å². The van der Waals surface area contributed by atoms with Crippen LogP contribution in [0.15, 0.2) is 16.5 Å². The zero-order chi connectivity index (χ0) is 4.41. The van der Waals surface area contributed by atoms with Gasteiger partial charge in [0.15, 0.2) is 0 Å². The van der Waals surface area contributed by atoms with Crippen LogP contribution in [0.5, 0.6) is 0 Å². The monoisotopic (exact) mass is 132 g/mol. The third-order valence-corrected chi connectivity index (χ3v) is 0.606. The first-order valence-corrected chi connectivity index (χ1v) is 1.82. The van der Waals surface area contributed by atoms with Gasteiger partial charge in [-0.1, -0.05) is 12.7 Å². The van der Waals surface area contributed by atoms with Gasteiger partial charge in [-0.2, -0.15) is 6.07 Å². The smallest absolute Gasteiger partial charge is 0 e. The van der Waals surface area contributed by atoms with Crippen molar-refractivity contribution in [3.63, 3.8) is 0 Å². The molecule has 0 fully saturated rings. The number of hydrogen-bond acceptors (Lipinski definition) is 1. The SMILES string of the molecule is Cc1cc[c-]o1.[V]. The van der Waals surface area contributed by atoms with E-state index in [0.29, 0.717) is 0 Å². The van der Waals surface area contributed by atoms with Gasteiger partial charge in [0.05, 0.1) is 0 Å². The van der Waals surface area contributed by atoms with E-state index in [9.17, 15) is 0 Å². The third-order valence-electron chi connectivity index (χ3n) is 0.606. The first-order chi connectivity index (χ1) is 2.89. The summed E-state index contributed by atoms with van der Waals surface area (Å²) in [6.07, 6.45) is 2.55. The Bertz CT molecular complexity index is 112. The molecule has 37 valence electrons. The summed E-state index contributed by atoms with van der Waals surface area (Å²) in [5.41, 5.74) is 0. The Morgan fingerprint density at radius 3 is 2.57 bits per heavy atom. The molecule has 0 saturated carbocycles. The van der Waals surface area contributed by atoms with E-state index in [4.69, 9.17) is 4.42 Å². The molecule has 7 heavy (non-hydrogen) atoms. The minimum atomic E-state index is 0. The van der Waals surface area contributed by atoms with Gasteiger partial charge in [0.2, 0.25) is 0 Å². The Kier molecular flexibility index (Phi) is 2.89. The van der Waals surface area contributed by atoms with Crippen molar-refractivity contribution >= 4 is 0 Å². The molecule has 0 saturated heterocycles. The summed E-state index contributed by atoms with van der Waals surface area (Å²) in [5.74, 6) is 0.912. The molecule has 0 aromatic carbocycles. The molecule has 2 heteroatoms. The maximum Gasteiger partial charge on any atom is 0 e. The molecule has 1 radical (unpaired) electrons. The van der Waals surface area contributed by atoms with Crippen LogP contribution in [-0.2, 0) is 18.6 Å². The van der Waals surface area contributed by atoms with Gasteiger partial charge in [0.1, 0.15) is 0 Å². The maximum absolute atomic E-state index is 4.71. The van der Waals surface area contributed by atoms with Crippen molar-refractivity contribution < 1.29 is 23.0 Å². The van der Waals surface area contributed by atoms with Crippen LogP contribution in [-0.4, -0.2) is 0 Å². The second kappa shape index (κ2) is 2.94. The van der Waals surface area contributed by atoms with Crippen molar-refractivity contribution in [3.8, 4) is 0 Å². The Morgan fingerprint density at radius 1 is 1.71 bits per heavy atom. The number of hydrogen-bond donors (Lipinski definition) is 0. The molecule has 0 bridgehead atoms. The summed E-state index contributed by atoms with van der Waals surface area (Å²) in [4.78, 5) is 0. The molecule has 0 spiro atoms. The molecule has 0 aliphatic heterocycles. The van der Waals surface area contributed by atoms with Crippen molar-refractivity contribution in [2.24, 2.45) is 0 Å². The molecule has 0 aliphatic rings. The van der Waals surface area contributed by atoms with Crippen molar-refractivity contribution in [2.75, 3.05) is 0 Å². The van der Waals surface area contributed by atoms with Crippen LogP contribution < -0.4 is 0 Å². The van der Waals surface area contributed by atoms with Crippen molar-refractivity contribution in [1.82, 2.24) is 0 Å². The van der Waals surface area contributed by atoms with Crippen LogP contribution >= 0.6 is 0 Å². The van der Waals surface area contributed by atoms with Gasteiger partial charge in [-0.25, -0.2) is 0 Å². The van der Waals surface area contributed by atoms with Crippen molar-refractivity contribution in [1.29, 1.82) is 0 Å². The molecule has 1 nitrogen and oxygen atoms in total. The molecular weight excluding hydrogens is 127 g/mol. The number of furan rings is 1. The van der Waals surface area contributed by atoms with E-state index in [2.05, 4.69) is 6.26 Å². The fraction of sp³-hybridized carbons (Fsp3) is 0.200. The van der Waals surface area contributed by atoms with Gasteiger partial charge in [0, 0.05) is 18.6 Å². The molecule has 0 atom stereocenters. The summed E-state index contributed by atoms with van der Waals surface area (Å²) in [6, 6.07) is 3.61. The topological polar surface area (TPSA) is 13.1 Å². The van der Waals surface area contributed by atoms with Gasteiger partial charge in [-0.3, -0.25) is 0 Å². The van der Waals surface area contributed by atoms with Crippen LogP contribution in [0, 0.1) is 13.2 Å². The van der Waals surface area contributed by atoms with Gasteiger partial charge >= 0.3 is 0 Å². The second-order valence-corrected chi connectivity index (χ2v) is 1.16. The first-order valence-electron chi connectivity index (χ1n) is 1.82. The second-order valence-electron chi connectivity index (χ2n) is 1.16. The molecule has 0 unspecified atom stereocenters. The Labute approximate surface area is 54.6 Å². The largest absolute Gasteiger partial charge is 0.596 e. The summed E-state index contributed by atoms with van der Waals surface area (Å²) < 4.78 is 4.71. The van der Waals surface area contributed by atoms with Crippen LogP contribution in [0.3, 0.4) is 0 Å². The minimum Gasteiger partial charge on any atom is -0.596 e. The average molecular weight is 132 g/mol. The molecule has 0 N–H and O–H groups in total. The van der Waals surface area contributed by atoms with Gasteiger partial charge < -0.3 is 4.42 Å². The minimum absolute atomic E-state index is 0. The first kappa shape index (κ1) is 6.86. The normalized spacial score (nSPS) is 7.57. The van der Waals surface area contributed by atoms with Crippen LogP contribution in [0.1, 0.15) is 5.76 Å². The Morgan fingerprint density at radius 2 is 2.43 bits per heavy atom. The van der Waals surface area contributed by atoms with Crippen LogP contribution in [0.4, 0.5) is 0 Å². The van der Waals surface area contributed by atoms with Crippen LogP contribution in [0.25, 0.3) is 0 Å². The van der Waals surface area contributed by atoms with E-state index < -0.39 is 0 Å².